The Balaban J connectivity index is 1.72. The van der Waals surface area contributed by atoms with Gasteiger partial charge in [-0.15, -0.1) is 0 Å². The predicted octanol–water partition coefficient (Wildman–Crippen LogP) is 10.9. The minimum Gasteiger partial charge on any atom is -0.462 e. The van der Waals surface area contributed by atoms with Crippen LogP contribution in [0.3, 0.4) is 0 Å². The van der Waals surface area contributed by atoms with E-state index in [2.05, 4.69) is 26.0 Å². The smallest absolute Gasteiger partial charge is 0.306 e. The van der Waals surface area contributed by atoms with Gasteiger partial charge in [-0.1, -0.05) is 225 Å². The first-order chi connectivity index (χ1) is 36.5. The highest BCUT2D eigenvalue weighted by molar-refractivity contribution is 5.70. The quantitative estimate of drug-likeness (QED) is 0.0171. The maximum absolute atomic E-state index is 13.1. The molecule has 442 valence electrons. The first-order valence-corrected chi connectivity index (χ1v) is 30.8. The molecule has 15 heteroatoms. The van der Waals surface area contributed by atoms with Gasteiger partial charge >= 0.3 is 11.9 Å². The monoisotopic (exact) mass is 1070 g/mol. The van der Waals surface area contributed by atoms with Gasteiger partial charge in [0.2, 0.25) is 0 Å². The molecule has 0 spiro atoms. The Morgan fingerprint density at radius 3 is 1.17 bits per heavy atom. The summed E-state index contributed by atoms with van der Waals surface area (Å²) in [4.78, 5) is 25.9. The van der Waals surface area contributed by atoms with Crippen molar-refractivity contribution < 1.29 is 73.8 Å². The molecule has 0 amide bonds. The molecule has 2 heterocycles. The van der Waals surface area contributed by atoms with Crippen LogP contribution in [0.25, 0.3) is 0 Å². The average Bonchev–Trinajstić information content (AvgIpc) is 3.40. The van der Waals surface area contributed by atoms with Gasteiger partial charge in [0.05, 0.1) is 19.8 Å². The van der Waals surface area contributed by atoms with Crippen LogP contribution in [0.4, 0.5) is 0 Å². The third kappa shape index (κ3) is 34.1. The van der Waals surface area contributed by atoms with Crippen molar-refractivity contribution in [2.24, 2.45) is 0 Å². The van der Waals surface area contributed by atoms with E-state index in [1.54, 1.807) is 0 Å². The molecule has 15 nitrogen and oxygen atoms in total. The van der Waals surface area contributed by atoms with E-state index in [4.69, 9.17) is 28.4 Å². The van der Waals surface area contributed by atoms with Crippen molar-refractivity contribution in [1.29, 1.82) is 0 Å². The van der Waals surface area contributed by atoms with Gasteiger partial charge in [0.1, 0.15) is 55.4 Å². The molecule has 75 heavy (non-hydrogen) atoms. The lowest BCUT2D eigenvalue weighted by molar-refractivity contribution is -0.332. The molecule has 0 bridgehead atoms. The SMILES string of the molecule is CCCCCCCCCC/C=C\CCCCCCCCCCCCCC(=O)OC(COC(=O)CCCCCCCCCCCCCCCCCC)COC1OC(COC2OC(CO)C(O)C(O)C2O)C(O)C(O)C1O. The van der Waals surface area contributed by atoms with Gasteiger partial charge in [0.15, 0.2) is 18.7 Å². The zero-order valence-corrected chi connectivity index (χ0v) is 47.3. The Morgan fingerprint density at radius 2 is 0.760 bits per heavy atom. The van der Waals surface area contributed by atoms with Crippen molar-refractivity contribution in [2.45, 2.75) is 332 Å². The largest absolute Gasteiger partial charge is 0.462 e. The van der Waals surface area contributed by atoms with Crippen LogP contribution in [0.15, 0.2) is 12.2 Å². The summed E-state index contributed by atoms with van der Waals surface area (Å²) in [6, 6.07) is 0. The molecule has 7 N–H and O–H groups in total. The molecule has 0 aromatic heterocycles. The van der Waals surface area contributed by atoms with Crippen molar-refractivity contribution in [3.05, 3.63) is 12.2 Å². The topological polar surface area (TPSA) is 231 Å². The first kappa shape index (κ1) is 69.3. The third-order valence-corrected chi connectivity index (χ3v) is 15.0. The summed E-state index contributed by atoms with van der Waals surface area (Å²) in [6.45, 7) is 2.65. The highest BCUT2D eigenvalue weighted by Crippen LogP contribution is 2.27. The number of hydrogen-bond acceptors (Lipinski definition) is 15. The number of aliphatic hydroxyl groups excluding tert-OH is 7. The van der Waals surface area contributed by atoms with E-state index in [1.165, 1.54) is 186 Å². The second kappa shape index (κ2) is 47.1. The summed E-state index contributed by atoms with van der Waals surface area (Å²) in [7, 11) is 0. The van der Waals surface area contributed by atoms with Crippen LogP contribution in [-0.4, -0.2) is 142 Å². The molecule has 0 saturated carbocycles. The van der Waals surface area contributed by atoms with Gasteiger partial charge < -0.3 is 64.2 Å². The van der Waals surface area contributed by atoms with Gasteiger partial charge in [-0.2, -0.15) is 0 Å². The highest BCUT2D eigenvalue weighted by atomic mass is 16.7. The van der Waals surface area contributed by atoms with Gasteiger partial charge in [-0.25, -0.2) is 0 Å². The first-order valence-electron chi connectivity index (χ1n) is 30.8. The zero-order valence-electron chi connectivity index (χ0n) is 47.3. The number of ether oxygens (including phenoxy) is 6. The number of aliphatic hydroxyl groups is 7. The molecule has 2 fully saturated rings. The molecule has 0 aromatic carbocycles. The number of carbonyl (C=O) groups excluding carboxylic acids is 2. The van der Waals surface area contributed by atoms with Gasteiger partial charge in [-0.05, 0) is 38.5 Å². The molecule has 2 rings (SSSR count). The van der Waals surface area contributed by atoms with E-state index in [0.29, 0.717) is 12.8 Å². The highest BCUT2D eigenvalue weighted by Gasteiger charge is 2.47. The average molecular weight is 1070 g/mol. The van der Waals surface area contributed by atoms with Crippen LogP contribution in [-0.2, 0) is 38.0 Å². The molecule has 2 aliphatic rings. The lowest BCUT2D eigenvalue weighted by atomic mass is 9.98. The van der Waals surface area contributed by atoms with Crippen LogP contribution in [0.5, 0.6) is 0 Å². The van der Waals surface area contributed by atoms with E-state index in [9.17, 15) is 45.3 Å². The summed E-state index contributed by atoms with van der Waals surface area (Å²) in [6.07, 6.45) is 33.7. The second-order valence-electron chi connectivity index (χ2n) is 21.9. The fraction of sp³-hybridized carbons (Fsp3) is 0.933. The number of unbranched alkanes of at least 4 members (excludes halogenated alkanes) is 34. The van der Waals surface area contributed by atoms with Crippen LogP contribution >= 0.6 is 0 Å². The molecule has 0 radical (unpaired) electrons. The molecule has 2 aliphatic heterocycles. The summed E-state index contributed by atoms with van der Waals surface area (Å²) >= 11 is 0. The van der Waals surface area contributed by atoms with Crippen LogP contribution < -0.4 is 0 Å². The van der Waals surface area contributed by atoms with Crippen molar-refractivity contribution in [3.63, 3.8) is 0 Å². The lowest BCUT2D eigenvalue weighted by Crippen LogP contribution is -2.61. The molecular formula is C60H112O15. The predicted molar refractivity (Wildman–Crippen MR) is 294 cm³/mol. The Bertz CT molecular complexity index is 1350. The van der Waals surface area contributed by atoms with Crippen LogP contribution in [0, 0.1) is 0 Å². The molecular weight excluding hydrogens is 961 g/mol. The normalized spacial score (nSPS) is 24.5. The van der Waals surface area contributed by atoms with E-state index in [-0.39, 0.29) is 26.1 Å². The van der Waals surface area contributed by atoms with E-state index in [0.717, 1.165) is 38.5 Å². The summed E-state index contributed by atoms with van der Waals surface area (Å²) in [5.41, 5.74) is 0. The Morgan fingerprint density at radius 1 is 0.413 bits per heavy atom. The number of carbonyl (C=O) groups is 2. The van der Waals surface area contributed by atoms with E-state index >= 15 is 0 Å². The fourth-order valence-corrected chi connectivity index (χ4v) is 9.98. The Kier molecular flexibility index (Phi) is 43.5. The minimum atomic E-state index is -1.76. The maximum atomic E-state index is 13.1. The van der Waals surface area contributed by atoms with Gasteiger partial charge in [-0.3, -0.25) is 9.59 Å². The summed E-state index contributed by atoms with van der Waals surface area (Å²) in [5, 5.41) is 72.3. The van der Waals surface area contributed by atoms with E-state index in [1.807, 2.05) is 0 Å². The Labute approximate surface area is 454 Å². The summed E-state index contributed by atoms with van der Waals surface area (Å²) in [5.74, 6) is -0.908. The summed E-state index contributed by atoms with van der Waals surface area (Å²) < 4.78 is 33.8. The van der Waals surface area contributed by atoms with Gasteiger partial charge in [0.25, 0.3) is 0 Å². The minimum absolute atomic E-state index is 0.169. The van der Waals surface area contributed by atoms with Crippen molar-refractivity contribution in [1.82, 2.24) is 0 Å². The number of allylic oxidation sites excluding steroid dienone is 2. The van der Waals surface area contributed by atoms with E-state index < -0.39 is 92.7 Å². The fourth-order valence-electron chi connectivity index (χ4n) is 9.98. The molecule has 11 unspecified atom stereocenters. The second-order valence-corrected chi connectivity index (χ2v) is 21.9. The lowest BCUT2D eigenvalue weighted by Gasteiger charge is -2.42. The van der Waals surface area contributed by atoms with Gasteiger partial charge in [0, 0.05) is 12.8 Å². The molecule has 0 aliphatic carbocycles. The molecule has 11 atom stereocenters. The third-order valence-electron chi connectivity index (χ3n) is 15.0. The molecule has 0 aromatic rings. The van der Waals surface area contributed by atoms with Crippen molar-refractivity contribution in [2.75, 3.05) is 26.4 Å². The standard InChI is InChI=1S/C60H112O15/c1-3-5-7-9-11-13-15-17-19-21-22-23-24-25-26-27-29-31-33-35-37-39-41-43-52(63)73-48(45-70-51(62)42-40-38-36-34-32-30-28-20-18-16-14-12-10-8-6-4-2)46-71-59-58(69)56(67)54(65)50(75-59)47-72-60-57(68)55(66)53(64)49(44-61)74-60/h21-22,48-50,53-61,64-69H,3-20,23-47H2,1-2H3/b22-21-. The zero-order chi connectivity index (χ0) is 54.6. The number of esters is 2. The van der Waals surface area contributed by atoms with Crippen LogP contribution in [0.2, 0.25) is 0 Å². The van der Waals surface area contributed by atoms with Crippen LogP contribution in [0.1, 0.15) is 264 Å². The van der Waals surface area contributed by atoms with Crippen molar-refractivity contribution in [3.8, 4) is 0 Å². The molecule has 2 saturated heterocycles. The maximum Gasteiger partial charge on any atom is 0.306 e. The Hall–Kier alpha value is -1.76. The van der Waals surface area contributed by atoms with Crippen molar-refractivity contribution >= 4 is 11.9 Å². The number of hydrogen-bond donors (Lipinski definition) is 7. The number of rotatable bonds is 50.